The van der Waals surface area contributed by atoms with Gasteiger partial charge in [-0.25, -0.2) is 9.37 Å². The van der Waals surface area contributed by atoms with Crippen molar-refractivity contribution in [2.24, 2.45) is 0 Å². The zero-order chi connectivity index (χ0) is 29.7. The van der Waals surface area contributed by atoms with Crippen LogP contribution in [0.1, 0.15) is 76.1 Å². The molecule has 0 aliphatic heterocycles. The minimum atomic E-state index is -1.46. The Kier molecular flexibility index (Phi) is 9.28. The van der Waals surface area contributed by atoms with Gasteiger partial charge in [0.05, 0.1) is 17.4 Å². The third-order valence-electron chi connectivity index (χ3n) is 8.02. The summed E-state index contributed by atoms with van der Waals surface area (Å²) in [5.41, 5.74) is 7.78. The highest BCUT2D eigenvalue weighted by atomic mass is 19.1. The molecule has 0 amide bonds. The lowest BCUT2D eigenvalue weighted by Crippen LogP contribution is -2.14. The zero-order valence-corrected chi connectivity index (χ0v) is 25.7. The number of nitrogens with zero attached hydrogens (tertiary/aromatic N) is 2. The second kappa shape index (κ2) is 12.7. The van der Waals surface area contributed by atoms with Gasteiger partial charge in [0.25, 0.3) is 0 Å². The van der Waals surface area contributed by atoms with Crippen LogP contribution in [0.4, 0.5) is 4.39 Å². The molecule has 2 nitrogen and oxygen atoms in total. The van der Waals surface area contributed by atoms with E-state index in [-0.39, 0.29) is 0 Å². The number of halogens is 1. The molecule has 41 heavy (non-hydrogen) atoms. The topological polar surface area (TPSA) is 17.3 Å². The smallest absolute Gasteiger partial charge is 0.146 e. The number of rotatable bonds is 7. The molecule has 0 aliphatic carbocycles. The molecular formula is C38H43FN2. The van der Waals surface area contributed by atoms with Crippen LogP contribution in [0.2, 0.25) is 0 Å². The summed E-state index contributed by atoms with van der Waals surface area (Å²) in [5.74, 6) is 0. The predicted octanol–water partition coefficient (Wildman–Crippen LogP) is 11.5. The van der Waals surface area contributed by atoms with Crippen LogP contribution in [0, 0.1) is 13.8 Å². The van der Waals surface area contributed by atoms with Crippen LogP contribution >= 0.6 is 0 Å². The Morgan fingerprint density at radius 1 is 0.976 bits per heavy atom. The second-order valence-electron chi connectivity index (χ2n) is 10.9. The molecular weight excluding hydrogens is 503 g/mol. The first-order chi connectivity index (χ1) is 19.7. The van der Waals surface area contributed by atoms with Crippen molar-refractivity contribution in [3.8, 4) is 11.3 Å². The van der Waals surface area contributed by atoms with E-state index in [0.29, 0.717) is 12.0 Å². The van der Waals surface area contributed by atoms with Crippen molar-refractivity contribution in [2.45, 2.75) is 73.4 Å². The molecule has 0 saturated heterocycles. The first kappa shape index (κ1) is 30.0. The number of imidazole rings is 1. The lowest BCUT2D eigenvalue weighted by molar-refractivity contribution is 0.187. The lowest BCUT2D eigenvalue weighted by atomic mass is 9.89. The standard InChI is InChI=1S/C34H33FN2.C4H10/c1-7-10-14-24(8-2)25-19-22(4)31(23(5)20-25)30-21-36-33-32-27(16-13-17-28(32)34(6,35)9-3)26-15-11-12-18-29(26)37(30)33;1-3-4-2/h7-8,10-21H,2,9H2,1,3-6H3;3-4H2,1-2H3/b10-7-,24-14+;. The van der Waals surface area contributed by atoms with Crippen molar-refractivity contribution < 1.29 is 4.39 Å². The van der Waals surface area contributed by atoms with Gasteiger partial charge >= 0.3 is 0 Å². The molecule has 0 spiro atoms. The summed E-state index contributed by atoms with van der Waals surface area (Å²) in [4.78, 5) is 4.94. The van der Waals surface area contributed by atoms with Crippen LogP contribution in [0.3, 0.4) is 0 Å². The number of allylic oxidation sites excluding steroid dienone is 5. The Balaban J connectivity index is 0.000000909. The number of fused-ring (bicyclic) bond motifs is 6. The van der Waals surface area contributed by atoms with Crippen molar-refractivity contribution in [1.82, 2.24) is 9.38 Å². The van der Waals surface area contributed by atoms with E-state index in [2.05, 4.69) is 81.1 Å². The number of para-hydroxylation sites is 1. The highest BCUT2D eigenvalue weighted by Gasteiger charge is 2.28. The number of alkyl halides is 1. The highest BCUT2D eigenvalue weighted by molar-refractivity contribution is 6.14. The SMILES string of the molecule is C=C/C(=C\C=C/C)c1cc(C)c(-c2cnc3c4c(C(C)(F)CC)cccc4c4ccccc4n23)c(C)c1.CCCC. The zero-order valence-electron chi connectivity index (χ0n) is 25.7. The van der Waals surface area contributed by atoms with Crippen LogP contribution in [-0.2, 0) is 5.67 Å². The van der Waals surface area contributed by atoms with Gasteiger partial charge < -0.3 is 0 Å². The van der Waals surface area contributed by atoms with Gasteiger partial charge in [-0.1, -0.05) is 113 Å². The quantitative estimate of drug-likeness (QED) is 0.147. The summed E-state index contributed by atoms with van der Waals surface area (Å²) in [6.45, 7) is 18.2. The number of aryl methyl sites for hydroxylation is 2. The Morgan fingerprint density at radius 2 is 1.63 bits per heavy atom. The average Bonchev–Trinajstić information content (AvgIpc) is 3.42. The maximum atomic E-state index is 15.9. The molecule has 0 N–H and O–H groups in total. The van der Waals surface area contributed by atoms with Gasteiger partial charge in [0, 0.05) is 21.9 Å². The molecule has 1 unspecified atom stereocenters. The highest BCUT2D eigenvalue weighted by Crippen LogP contribution is 2.41. The molecule has 3 heteroatoms. The third kappa shape index (κ3) is 5.63. The summed E-state index contributed by atoms with van der Waals surface area (Å²) >= 11 is 0. The summed E-state index contributed by atoms with van der Waals surface area (Å²) in [6, 6.07) is 18.7. The molecule has 2 aromatic heterocycles. The molecule has 0 radical (unpaired) electrons. The van der Waals surface area contributed by atoms with Gasteiger partial charge in [-0.05, 0) is 67.8 Å². The number of pyridine rings is 1. The summed E-state index contributed by atoms with van der Waals surface area (Å²) < 4.78 is 18.1. The van der Waals surface area contributed by atoms with Crippen molar-refractivity contribution in [1.29, 1.82) is 0 Å². The van der Waals surface area contributed by atoms with Gasteiger partial charge in [-0.2, -0.15) is 0 Å². The molecule has 212 valence electrons. The molecule has 3 aromatic carbocycles. The summed E-state index contributed by atoms with van der Waals surface area (Å²) in [7, 11) is 0. The Hall–Kier alpha value is -3.98. The fraction of sp³-hybridized carbons (Fsp3) is 0.289. The molecule has 0 fully saturated rings. The third-order valence-corrected chi connectivity index (χ3v) is 8.02. The largest absolute Gasteiger partial charge is 0.292 e. The molecule has 0 bridgehead atoms. The van der Waals surface area contributed by atoms with Crippen LogP contribution < -0.4 is 0 Å². The maximum absolute atomic E-state index is 15.9. The van der Waals surface area contributed by atoms with E-state index in [9.17, 15) is 0 Å². The van der Waals surface area contributed by atoms with Crippen molar-refractivity contribution in [3.63, 3.8) is 0 Å². The molecule has 1 atom stereocenters. The molecule has 5 aromatic rings. The number of unbranched alkanes of at least 4 members (excludes halogenated alkanes) is 1. The van der Waals surface area contributed by atoms with E-state index in [1.54, 1.807) is 6.92 Å². The van der Waals surface area contributed by atoms with E-state index < -0.39 is 5.67 Å². The molecule has 0 saturated carbocycles. The van der Waals surface area contributed by atoms with Crippen LogP contribution in [0.25, 0.3) is 44.2 Å². The molecule has 5 rings (SSSR count). The van der Waals surface area contributed by atoms with E-state index in [1.807, 2.05) is 56.5 Å². The van der Waals surface area contributed by atoms with Gasteiger partial charge in [-0.15, -0.1) is 0 Å². The number of hydrogen-bond acceptors (Lipinski definition) is 1. The summed E-state index contributed by atoms with van der Waals surface area (Å²) in [5, 5.41) is 3.01. The number of aromatic nitrogens is 2. The van der Waals surface area contributed by atoms with Crippen molar-refractivity contribution in [2.75, 3.05) is 0 Å². The Labute approximate surface area is 244 Å². The minimum Gasteiger partial charge on any atom is -0.292 e. The van der Waals surface area contributed by atoms with Crippen LogP contribution in [-0.4, -0.2) is 9.38 Å². The van der Waals surface area contributed by atoms with E-state index >= 15 is 4.39 Å². The summed E-state index contributed by atoms with van der Waals surface area (Å²) in [6.07, 6.45) is 13.0. The van der Waals surface area contributed by atoms with Crippen molar-refractivity contribution >= 4 is 32.9 Å². The second-order valence-corrected chi connectivity index (χ2v) is 10.9. The first-order valence-corrected chi connectivity index (χ1v) is 14.8. The van der Waals surface area contributed by atoms with Crippen molar-refractivity contribution in [3.05, 3.63) is 114 Å². The van der Waals surface area contributed by atoms with Crippen LogP contribution in [0.5, 0.6) is 0 Å². The molecule has 0 aliphatic rings. The van der Waals surface area contributed by atoms with Gasteiger partial charge in [-0.3, -0.25) is 4.40 Å². The maximum Gasteiger partial charge on any atom is 0.146 e. The number of hydrogen-bond donors (Lipinski definition) is 0. The monoisotopic (exact) mass is 546 g/mol. The van der Waals surface area contributed by atoms with E-state index in [4.69, 9.17) is 4.98 Å². The Bertz CT molecular complexity index is 1740. The molecule has 2 heterocycles. The van der Waals surface area contributed by atoms with E-state index in [0.717, 1.165) is 60.8 Å². The van der Waals surface area contributed by atoms with Crippen LogP contribution in [0.15, 0.2) is 91.7 Å². The van der Waals surface area contributed by atoms with Gasteiger partial charge in [0.1, 0.15) is 11.3 Å². The predicted molar refractivity (Wildman–Crippen MR) is 177 cm³/mol. The van der Waals surface area contributed by atoms with E-state index in [1.165, 1.54) is 12.8 Å². The number of benzene rings is 3. The normalized spacial score (nSPS) is 13.5. The Morgan fingerprint density at radius 3 is 2.24 bits per heavy atom. The average molecular weight is 547 g/mol. The van der Waals surface area contributed by atoms with Gasteiger partial charge in [0.2, 0.25) is 0 Å². The fourth-order valence-electron chi connectivity index (χ4n) is 5.50. The first-order valence-electron chi connectivity index (χ1n) is 14.8. The lowest BCUT2D eigenvalue weighted by Gasteiger charge is -2.22. The van der Waals surface area contributed by atoms with Gasteiger partial charge in [0.15, 0.2) is 0 Å². The minimum absolute atomic E-state index is 0.394. The fourth-order valence-corrected chi connectivity index (χ4v) is 5.50.